The van der Waals surface area contributed by atoms with Crippen molar-refractivity contribution in [3.63, 3.8) is 0 Å². The topological polar surface area (TPSA) is 82.6 Å². The first-order valence-electron chi connectivity index (χ1n) is 10.6. The van der Waals surface area contributed by atoms with Crippen molar-refractivity contribution in [1.82, 2.24) is 30.2 Å². The van der Waals surface area contributed by atoms with Crippen LogP contribution >= 0.6 is 0 Å². The number of halogens is 3. The Balaban J connectivity index is 1.56. The second-order valence-corrected chi connectivity index (χ2v) is 8.36. The normalized spacial score (nSPS) is 19.7. The Kier molecular flexibility index (Phi) is 4.32. The minimum atomic E-state index is -4.33. The molecular formula is C22H20F3N7. The van der Waals surface area contributed by atoms with Gasteiger partial charge in [0.1, 0.15) is 17.5 Å². The van der Waals surface area contributed by atoms with Gasteiger partial charge in [-0.25, -0.2) is 15.0 Å². The molecule has 0 spiro atoms. The monoisotopic (exact) mass is 439 g/mol. The third-order valence-electron chi connectivity index (χ3n) is 6.21. The molecule has 10 heteroatoms. The zero-order chi connectivity index (χ0) is 21.9. The quantitative estimate of drug-likeness (QED) is 0.506. The number of aromatic amines is 1. The van der Waals surface area contributed by atoms with Gasteiger partial charge in [-0.2, -0.15) is 13.2 Å². The summed E-state index contributed by atoms with van der Waals surface area (Å²) in [6.45, 7) is 0.462. The Morgan fingerprint density at radius 3 is 2.78 bits per heavy atom. The Labute approximate surface area is 181 Å². The van der Waals surface area contributed by atoms with Gasteiger partial charge >= 0.3 is 6.18 Å². The van der Waals surface area contributed by atoms with Gasteiger partial charge in [0.15, 0.2) is 5.82 Å². The molecule has 7 nitrogen and oxygen atoms in total. The molecular weight excluding hydrogens is 419 g/mol. The summed E-state index contributed by atoms with van der Waals surface area (Å²) in [5.74, 6) is 1.36. The molecule has 1 aliphatic carbocycles. The van der Waals surface area contributed by atoms with E-state index in [1.165, 1.54) is 0 Å². The fourth-order valence-corrected chi connectivity index (χ4v) is 4.46. The van der Waals surface area contributed by atoms with Crippen LogP contribution in [0.25, 0.3) is 33.3 Å². The van der Waals surface area contributed by atoms with Crippen molar-refractivity contribution < 1.29 is 13.2 Å². The summed E-state index contributed by atoms with van der Waals surface area (Å²) in [7, 11) is 0. The van der Waals surface area contributed by atoms with Crippen LogP contribution < -0.4 is 10.2 Å². The molecule has 1 aliphatic heterocycles. The van der Waals surface area contributed by atoms with E-state index in [0.29, 0.717) is 35.3 Å². The zero-order valence-electron chi connectivity index (χ0n) is 17.0. The summed E-state index contributed by atoms with van der Waals surface area (Å²) >= 11 is 0. The highest BCUT2D eigenvalue weighted by Crippen LogP contribution is 2.45. The number of hydrogen-bond donors (Lipinski definition) is 2. The van der Waals surface area contributed by atoms with E-state index >= 15 is 0 Å². The minimum Gasteiger partial charge on any atom is -0.353 e. The molecule has 2 aliphatic rings. The number of nitrogens with one attached hydrogen (secondary N) is 2. The first-order chi connectivity index (χ1) is 15.5. The Hall–Kier alpha value is -3.27. The molecule has 0 unspecified atom stereocenters. The van der Waals surface area contributed by atoms with Gasteiger partial charge in [0.05, 0.1) is 11.7 Å². The van der Waals surface area contributed by atoms with Crippen molar-refractivity contribution in [3.8, 4) is 11.4 Å². The molecule has 1 atom stereocenters. The van der Waals surface area contributed by atoms with Crippen LogP contribution in [-0.2, 0) is 0 Å². The standard InChI is InChI=1S/C22H20F3N7/c23-22(24,25)17-11-32(8-7-27-17)21-18-15(12-1-2-12)9-26-10-16(18)30-20(31-21)14-4-6-29-19-13(14)3-5-28-19/h3-6,9-10,12,17,27H,1-2,7-8,11H2,(H,28,29)/t17-/m1/s1. The predicted molar refractivity (Wildman–Crippen MR) is 114 cm³/mol. The number of fused-ring (bicyclic) bond motifs is 2. The van der Waals surface area contributed by atoms with E-state index in [-0.39, 0.29) is 13.1 Å². The van der Waals surface area contributed by atoms with Gasteiger partial charge in [0, 0.05) is 54.6 Å². The third kappa shape index (κ3) is 3.26. The van der Waals surface area contributed by atoms with E-state index in [1.807, 2.05) is 18.3 Å². The zero-order valence-corrected chi connectivity index (χ0v) is 17.0. The fraction of sp³-hybridized carbons (Fsp3) is 0.364. The number of hydrogen-bond acceptors (Lipinski definition) is 6. The van der Waals surface area contributed by atoms with E-state index in [0.717, 1.165) is 34.7 Å². The van der Waals surface area contributed by atoms with E-state index in [2.05, 4.69) is 20.3 Å². The third-order valence-corrected chi connectivity index (χ3v) is 6.21. The number of nitrogens with zero attached hydrogens (tertiary/aromatic N) is 5. The highest BCUT2D eigenvalue weighted by atomic mass is 19.4. The van der Waals surface area contributed by atoms with Gasteiger partial charge in [0.2, 0.25) is 0 Å². The van der Waals surface area contributed by atoms with Crippen LogP contribution in [0.15, 0.2) is 36.9 Å². The van der Waals surface area contributed by atoms with Crippen LogP contribution in [0, 0.1) is 0 Å². The van der Waals surface area contributed by atoms with Crippen LogP contribution in [0.2, 0.25) is 0 Å². The van der Waals surface area contributed by atoms with E-state index in [1.54, 1.807) is 23.5 Å². The maximum atomic E-state index is 13.5. The summed E-state index contributed by atoms with van der Waals surface area (Å²) in [5.41, 5.74) is 3.15. The maximum Gasteiger partial charge on any atom is 0.405 e. The largest absolute Gasteiger partial charge is 0.405 e. The summed E-state index contributed by atoms with van der Waals surface area (Å²) in [5, 5.41) is 4.26. The Morgan fingerprint density at radius 1 is 1.09 bits per heavy atom. The smallest absolute Gasteiger partial charge is 0.353 e. The number of aromatic nitrogens is 5. The second kappa shape index (κ2) is 7.13. The molecule has 6 rings (SSSR count). The molecule has 0 radical (unpaired) electrons. The SMILES string of the molecule is FC(F)(F)[C@H]1CN(c2nc(-c3ccnc4[nH]ccc34)nc3cncc(C4CC4)c23)CCN1. The summed E-state index contributed by atoms with van der Waals surface area (Å²) in [6.07, 6.45) is 4.71. The van der Waals surface area contributed by atoms with Crippen molar-refractivity contribution in [2.45, 2.75) is 31.0 Å². The Bertz CT molecular complexity index is 1310. The lowest BCUT2D eigenvalue weighted by atomic mass is 10.1. The van der Waals surface area contributed by atoms with Crippen LogP contribution in [0.3, 0.4) is 0 Å². The molecule has 4 aromatic heterocycles. The fourth-order valence-electron chi connectivity index (χ4n) is 4.46. The number of anilines is 1. The van der Waals surface area contributed by atoms with Gasteiger partial charge < -0.3 is 15.2 Å². The lowest BCUT2D eigenvalue weighted by Crippen LogP contribution is -2.57. The van der Waals surface area contributed by atoms with E-state index in [4.69, 9.17) is 9.97 Å². The minimum absolute atomic E-state index is 0.197. The number of H-pyrrole nitrogens is 1. The van der Waals surface area contributed by atoms with Gasteiger partial charge in [-0.1, -0.05) is 0 Å². The average molecular weight is 439 g/mol. The molecule has 2 N–H and O–H groups in total. The van der Waals surface area contributed by atoms with Crippen molar-refractivity contribution in [3.05, 3.63) is 42.5 Å². The average Bonchev–Trinajstić information content (AvgIpc) is 3.53. The molecule has 5 heterocycles. The number of rotatable bonds is 3. The number of alkyl halides is 3. The molecule has 4 aromatic rings. The molecule has 1 saturated carbocycles. The lowest BCUT2D eigenvalue weighted by Gasteiger charge is -2.36. The maximum absolute atomic E-state index is 13.5. The highest BCUT2D eigenvalue weighted by Gasteiger charge is 2.42. The Morgan fingerprint density at radius 2 is 1.97 bits per heavy atom. The van der Waals surface area contributed by atoms with E-state index in [9.17, 15) is 13.2 Å². The van der Waals surface area contributed by atoms with Crippen LogP contribution in [0.4, 0.5) is 19.0 Å². The van der Waals surface area contributed by atoms with E-state index < -0.39 is 12.2 Å². The predicted octanol–water partition coefficient (Wildman–Crippen LogP) is 3.79. The van der Waals surface area contributed by atoms with Gasteiger partial charge in [-0.15, -0.1) is 0 Å². The van der Waals surface area contributed by atoms with Crippen LogP contribution in [0.1, 0.15) is 24.3 Å². The molecule has 2 fully saturated rings. The van der Waals surface area contributed by atoms with Crippen LogP contribution in [-0.4, -0.2) is 56.8 Å². The van der Waals surface area contributed by atoms with Crippen molar-refractivity contribution in [1.29, 1.82) is 0 Å². The number of pyridine rings is 2. The lowest BCUT2D eigenvalue weighted by molar-refractivity contribution is -0.155. The molecule has 0 bridgehead atoms. The molecule has 32 heavy (non-hydrogen) atoms. The summed E-state index contributed by atoms with van der Waals surface area (Å²) in [6, 6.07) is 2.12. The highest BCUT2D eigenvalue weighted by molar-refractivity contribution is 5.97. The first-order valence-corrected chi connectivity index (χ1v) is 10.6. The first kappa shape index (κ1) is 19.4. The molecule has 0 aromatic carbocycles. The molecule has 1 saturated heterocycles. The van der Waals surface area contributed by atoms with Crippen molar-refractivity contribution in [2.24, 2.45) is 0 Å². The van der Waals surface area contributed by atoms with Crippen molar-refractivity contribution >= 4 is 27.8 Å². The van der Waals surface area contributed by atoms with Crippen LogP contribution in [0.5, 0.6) is 0 Å². The van der Waals surface area contributed by atoms with Crippen molar-refractivity contribution in [2.75, 3.05) is 24.5 Å². The summed E-state index contributed by atoms with van der Waals surface area (Å²) in [4.78, 5) is 23.2. The number of piperazine rings is 1. The molecule has 0 amide bonds. The van der Waals surface area contributed by atoms with Gasteiger partial charge in [-0.05, 0) is 36.5 Å². The van der Waals surface area contributed by atoms with Gasteiger partial charge in [0.25, 0.3) is 0 Å². The summed E-state index contributed by atoms with van der Waals surface area (Å²) < 4.78 is 40.5. The second-order valence-electron chi connectivity index (χ2n) is 8.36. The molecule has 164 valence electrons. The van der Waals surface area contributed by atoms with Gasteiger partial charge in [-0.3, -0.25) is 4.98 Å².